The lowest BCUT2D eigenvalue weighted by Gasteiger charge is -2.33. The molecule has 0 saturated carbocycles. The summed E-state index contributed by atoms with van der Waals surface area (Å²) in [6, 6.07) is 1.87. The molecule has 0 fully saturated rings. The van der Waals surface area contributed by atoms with Gasteiger partial charge in [-0.1, -0.05) is 64.7 Å². The van der Waals surface area contributed by atoms with Crippen molar-refractivity contribution in [2.24, 2.45) is 5.92 Å². The number of hydrogen-bond donors (Lipinski definition) is 0. The van der Waals surface area contributed by atoms with E-state index in [4.69, 9.17) is 4.74 Å². The lowest BCUT2D eigenvalue weighted by molar-refractivity contribution is -0.143. The second kappa shape index (κ2) is 14.4. The highest BCUT2D eigenvalue weighted by atomic mass is 19.4. The van der Waals surface area contributed by atoms with E-state index in [0.717, 1.165) is 44.2 Å². The molecular formula is C27H42F6O. The first-order valence-electron chi connectivity index (χ1n) is 12.6. The van der Waals surface area contributed by atoms with Crippen molar-refractivity contribution in [2.75, 3.05) is 7.11 Å². The van der Waals surface area contributed by atoms with Crippen LogP contribution in [0.4, 0.5) is 26.3 Å². The van der Waals surface area contributed by atoms with E-state index in [1.807, 2.05) is 0 Å². The van der Waals surface area contributed by atoms with E-state index in [-0.39, 0.29) is 23.7 Å². The van der Waals surface area contributed by atoms with Crippen molar-refractivity contribution in [1.29, 1.82) is 0 Å². The van der Waals surface area contributed by atoms with Gasteiger partial charge in [0.2, 0.25) is 0 Å². The number of benzene rings is 1. The summed E-state index contributed by atoms with van der Waals surface area (Å²) in [4.78, 5) is 0. The molecule has 0 amide bonds. The number of methoxy groups -OCH3 is 1. The van der Waals surface area contributed by atoms with Crippen LogP contribution in [0.25, 0.3) is 0 Å². The van der Waals surface area contributed by atoms with Crippen molar-refractivity contribution in [3.63, 3.8) is 0 Å². The van der Waals surface area contributed by atoms with Crippen LogP contribution in [0.15, 0.2) is 18.2 Å². The summed E-state index contributed by atoms with van der Waals surface area (Å²) in [5.74, 6) is 0.432. The normalized spacial score (nSPS) is 13.9. The number of unbranched alkanes of at least 4 members (excludes halogenated alkanes) is 8. The third-order valence-electron chi connectivity index (χ3n) is 6.83. The maximum Gasteiger partial charge on any atom is 0.416 e. The Morgan fingerprint density at radius 3 is 1.56 bits per heavy atom. The van der Waals surface area contributed by atoms with Gasteiger partial charge >= 0.3 is 12.4 Å². The molecule has 198 valence electrons. The lowest BCUT2D eigenvalue weighted by Crippen LogP contribution is -2.33. The summed E-state index contributed by atoms with van der Waals surface area (Å²) in [7, 11) is 1.73. The average Bonchev–Trinajstić information content (AvgIpc) is 2.75. The maximum atomic E-state index is 13.0. The highest BCUT2D eigenvalue weighted by molar-refractivity contribution is 5.33. The summed E-state index contributed by atoms with van der Waals surface area (Å²) in [5.41, 5.74) is -2.60. The monoisotopic (exact) mass is 496 g/mol. The first kappa shape index (κ1) is 30.8. The minimum absolute atomic E-state index is 0.0867. The van der Waals surface area contributed by atoms with Crippen molar-refractivity contribution in [3.8, 4) is 0 Å². The van der Waals surface area contributed by atoms with Crippen LogP contribution < -0.4 is 0 Å². The third-order valence-corrected chi connectivity index (χ3v) is 6.83. The molecule has 7 heteroatoms. The van der Waals surface area contributed by atoms with Crippen LogP contribution in [-0.2, 0) is 23.5 Å². The van der Waals surface area contributed by atoms with Crippen LogP contribution in [0, 0.1) is 5.92 Å². The number of ether oxygens (including phenoxy) is 1. The van der Waals surface area contributed by atoms with E-state index >= 15 is 0 Å². The highest BCUT2D eigenvalue weighted by Crippen LogP contribution is 2.37. The number of hydrogen-bond acceptors (Lipinski definition) is 1. The number of alkyl halides is 6. The van der Waals surface area contributed by atoms with E-state index in [9.17, 15) is 26.3 Å². The quantitative estimate of drug-likeness (QED) is 0.163. The summed E-state index contributed by atoms with van der Waals surface area (Å²) in [6.45, 7) is 6.43. The van der Waals surface area contributed by atoms with Gasteiger partial charge < -0.3 is 4.74 Å². The Morgan fingerprint density at radius 2 is 1.12 bits per heavy atom. The molecule has 1 unspecified atom stereocenters. The van der Waals surface area contributed by atoms with E-state index in [1.165, 1.54) is 38.5 Å². The molecule has 0 saturated heterocycles. The van der Waals surface area contributed by atoms with Crippen LogP contribution in [-0.4, -0.2) is 12.7 Å². The molecule has 0 aliphatic rings. The molecule has 0 radical (unpaired) electrons. The molecule has 0 bridgehead atoms. The van der Waals surface area contributed by atoms with Gasteiger partial charge in [0.25, 0.3) is 0 Å². The van der Waals surface area contributed by atoms with Gasteiger partial charge in [-0.15, -0.1) is 0 Å². The number of rotatable bonds is 16. The molecule has 1 atom stereocenters. The molecule has 34 heavy (non-hydrogen) atoms. The van der Waals surface area contributed by atoms with Crippen molar-refractivity contribution in [3.05, 3.63) is 34.9 Å². The molecule has 1 rings (SSSR count). The van der Waals surface area contributed by atoms with Gasteiger partial charge in [-0.3, -0.25) is 0 Å². The van der Waals surface area contributed by atoms with Crippen LogP contribution in [0.5, 0.6) is 0 Å². The molecular weight excluding hydrogens is 454 g/mol. The van der Waals surface area contributed by atoms with Gasteiger partial charge in [0.1, 0.15) is 0 Å². The molecule has 1 nitrogen and oxygen atoms in total. The van der Waals surface area contributed by atoms with Crippen molar-refractivity contribution in [1.82, 2.24) is 0 Å². The van der Waals surface area contributed by atoms with Crippen LogP contribution in [0.1, 0.15) is 115 Å². The van der Waals surface area contributed by atoms with Gasteiger partial charge in [0, 0.05) is 7.11 Å². The Kier molecular flexibility index (Phi) is 13.0. The first-order chi connectivity index (χ1) is 15.8. The number of aryl methyl sites for hydroxylation is 1. The predicted octanol–water partition coefficient (Wildman–Crippen LogP) is 10.0. The van der Waals surface area contributed by atoms with Crippen LogP contribution in [0.3, 0.4) is 0 Å². The van der Waals surface area contributed by atoms with Crippen molar-refractivity contribution >= 4 is 0 Å². The van der Waals surface area contributed by atoms with E-state index in [0.29, 0.717) is 12.3 Å². The second-order valence-electron chi connectivity index (χ2n) is 9.93. The lowest BCUT2D eigenvalue weighted by atomic mass is 9.82. The zero-order valence-electron chi connectivity index (χ0n) is 21.2. The largest absolute Gasteiger partial charge is 0.416 e. The van der Waals surface area contributed by atoms with E-state index in [1.54, 1.807) is 7.11 Å². The summed E-state index contributed by atoms with van der Waals surface area (Å²) >= 11 is 0. The zero-order valence-corrected chi connectivity index (χ0v) is 21.2. The minimum Gasteiger partial charge on any atom is -0.379 e. The summed E-state index contributed by atoms with van der Waals surface area (Å²) in [6.07, 6.45) is 3.42. The summed E-state index contributed by atoms with van der Waals surface area (Å²) < 4.78 is 83.8. The summed E-state index contributed by atoms with van der Waals surface area (Å²) in [5, 5.41) is 0. The molecule has 0 aliphatic carbocycles. The third kappa shape index (κ3) is 11.5. The van der Waals surface area contributed by atoms with Gasteiger partial charge in [-0.25, -0.2) is 0 Å². The fraction of sp³-hybridized carbons (Fsp3) is 0.778. The molecule has 1 aromatic carbocycles. The number of halogens is 6. The molecule has 0 spiro atoms. The average molecular weight is 497 g/mol. The SMILES string of the molecule is CCCCCCCCC(CCCCCCc1cc(C(F)(F)F)cc(C(F)(F)F)c1)C(C)(C)OC. The fourth-order valence-corrected chi connectivity index (χ4v) is 4.41. The molecule has 0 aliphatic heterocycles. The molecule has 0 N–H and O–H groups in total. The van der Waals surface area contributed by atoms with Crippen LogP contribution >= 0.6 is 0 Å². The first-order valence-corrected chi connectivity index (χ1v) is 12.6. The Hall–Kier alpha value is -1.24. The molecule has 0 heterocycles. The van der Waals surface area contributed by atoms with Gasteiger partial charge in [-0.2, -0.15) is 26.3 Å². The van der Waals surface area contributed by atoms with E-state index < -0.39 is 23.5 Å². The highest BCUT2D eigenvalue weighted by Gasteiger charge is 2.36. The zero-order chi connectivity index (χ0) is 25.8. The standard InChI is InChI=1S/C27H42F6O/c1-5-6-7-8-9-13-16-22(25(2,3)34-4)17-14-11-10-12-15-21-18-23(26(28,29)30)20-24(19-21)27(31,32)33/h18-20,22H,5-17H2,1-4H3. The smallest absolute Gasteiger partial charge is 0.379 e. The fourth-order valence-electron chi connectivity index (χ4n) is 4.41. The van der Waals surface area contributed by atoms with E-state index in [2.05, 4.69) is 20.8 Å². The Balaban J connectivity index is 2.52. The van der Waals surface area contributed by atoms with Crippen molar-refractivity contribution in [2.45, 2.75) is 122 Å². The predicted molar refractivity (Wildman–Crippen MR) is 126 cm³/mol. The van der Waals surface area contributed by atoms with Gasteiger partial charge in [0.15, 0.2) is 0 Å². The molecule has 1 aromatic rings. The molecule has 0 aromatic heterocycles. The topological polar surface area (TPSA) is 9.23 Å². The van der Waals surface area contributed by atoms with Crippen LogP contribution in [0.2, 0.25) is 0 Å². The van der Waals surface area contributed by atoms with Gasteiger partial charge in [0.05, 0.1) is 16.7 Å². The van der Waals surface area contributed by atoms with Gasteiger partial charge in [-0.05, 0) is 69.2 Å². The Bertz CT molecular complexity index is 661. The maximum absolute atomic E-state index is 13.0. The Labute approximate surface area is 201 Å². The minimum atomic E-state index is -4.80. The van der Waals surface area contributed by atoms with Crippen molar-refractivity contribution < 1.29 is 31.1 Å². The second-order valence-corrected chi connectivity index (χ2v) is 9.93. The Morgan fingerprint density at radius 1 is 0.676 bits per heavy atom.